The van der Waals surface area contributed by atoms with Crippen molar-refractivity contribution in [2.75, 3.05) is 12.3 Å². The van der Waals surface area contributed by atoms with Crippen LogP contribution in [0, 0.1) is 0 Å². The molecule has 1 unspecified atom stereocenters. The first-order valence-electron chi connectivity index (χ1n) is 6.18. The minimum atomic E-state index is -3.18. The van der Waals surface area contributed by atoms with Crippen LogP contribution >= 0.6 is 15.9 Å². The molecule has 0 bridgehead atoms. The molecule has 18 heavy (non-hydrogen) atoms. The van der Waals surface area contributed by atoms with Crippen molar-refractivity contribution in [3.05, 3.63) is 28.7 Å². The second-order valence-corrected chi connectivity index (χ2v) is 7.28. The van der Waals surface area contributed by atoms with Crippen molar-refractivity contribution in [3.8, 4) is 0 Å². The zero-order chi connectivity index (χ0) is 13.6. The maximum atomic E-state index is 12.1. The molecule has 1 aromatic carbocycles. The highest BCUT2D eigenvalue weighted by Crippen LogP contribution is 2.23. The standard InChI is InChI=1S/C13H20BrNO2S/c1-3-15-11(2)7-6-10-18(16,17)13-9-5-4-8-12(13)14/h4-5,8-9,11,15H,3,6-7,10H2,1-2H3. The summed E-state index contributed by atoms with van der Waals surface area (Å²) in [6.45, 7) is 5.04. The lowest BCUT2D eigenvalue weighted by atomic mass is 10.2. The highest BCUT2D eigenvalue weighted by molar-refractivity contribution is 9.10. The van der Waals surface area contributed by atoms with Crippen molar-refractivity contribution >= 4 is 25.8 Å². The van der Waals surface area contributed by atoms with Crippen LogP contribution in [0.15, 0.2) is 33.6 Å². The summed E-state index contributed by atoms with van der Waals surface area (Å²) in [6.07, 6.45) is 1.55. The van der Waals surface area contributed by atoms with Gasteiger partial charge in [0.25, 0.3) is 0 Å². The molecule has 0 aliphatic rings. The van der Waals surface area contributed by atoms with Crippen LogP contribution in [0.5, 0.6) is 0 Å². The van der Waals surface area contributed by atoms with Gasteiger partial charge >= 0.3 is 0 Å². The Bertz CT molecular complexity index is 474. The normalized spacial score (nSPS) is 13.5. The molecule has 0 saturated heterocycles. The molecule has 1 aromatic rings. The zero-order valence-electron chi connectivity index (χ0n) is 10.8. The molecule has 0 radical (unpaired) electrons. The first-order valence-corrected chi connectivity index (χ1v) is 8.62. The molecular formula is C13H20BrNO2S. The van der Waals surface area contributed by atoms with Crippen molar-refractivity contribution < 1.29 is 8.42 Å². The van der Waals surface area contributed by atoms with E-state index in [1.807, 2.05) is 13.0 Å². The maximum absolute atomic E-state index is 12.1. The van der Waals surface area contributed by atoms with Gasteiger partial charge in [0.15, 0.2) is 9.84 Å². The largest absolute Gasteiger partial charge is 0.315 e. The average Bonchev–Trinajstić information content (AvgIpc) is 2.29. The van der Waals surface area contributed by atoms with E-state index in [4.69, 9.17) is 0 Å². The van der Waals surface area contributed by atoms with E-state index in [0.717, 1.165) is 13.0 Å². The summed E-state index contributed by atoms with van der Waals surface area (Å²) < 4.78 is 24.9. The van der Waals surface area contributed by atoms with Crippen LogP contribution < -0.4 is 5.32 Å². The number of hydrogen-bond acceptors (Lipinski definition) is 3. The summed E-state index contributed by atoms with van der Waals surface area (Å²) in [5.74, 6) is 0.200. The van der Waals surface area contributed by atoms with Crippen LogP contribution in [0.25, 0.3) is 0 Å². The lowest BCUT2D eigenvalue weighted by molar-refractivity contribution is 0.521. The van der Waals surface area contributed by atoms with E-state index in [-0.39, 0.29) is 5.75 Å². The van der Waals surface area contributed by atoms with Gasteiger partial charge in [0.05, 0.1) is 10.6 Å². The van der Waals surface area contributed by atoms with Gasteiger partial charge in [-0.25, -0.2) is 8.42 Å². The molecule has 0 aromatic heterocycles. The molecule has 0 fully saturated rings. The number of halogens is 1. The van der Waals surface area contributed by atoms with Gasteiger partial charge in [-0.15, -0.1) is 0 Å². The van der Waals surface area contributed by atoms with Gasteiger partial charge in [0.2, 0.25) is 0 Å². The molecule has 0 saturated carbocycles. The number of rotatable bonds is 7. The number of nitrogens with one attached hydrogen (secondary N) is 1. The minimum Gasteiger partial charge on any atom is -0.315 e. The summed E-state index contributed by atoms with van der Waals surface area (Å²) in [5, 5.41) is 3.28. The van der Waals surface area contributed by atoms with Crippen molar-refractivity contribution in [1.82, 2.24) is 5.32 Å². The van der Waals surface area contributed by atoms with Gasteiger partial charge in [-0.05, 0) is 54.4 Å². The fourth-order valence-corrected chi connectivity index (χ4v) is 4.28. The van der Waals surface area contributed by atoms with Gasteiger partial charge in [0.1, 0.15) is 0 Å². The van der Waals surface area contributed by atoms with E-state index in [2.05, 4.69) is 28.2 Å². The Kier molecular flexibility index (Phi) is 6.32. The lowest BCUT2D eigenvalue weighted by Gasteiger charge is -2.12. The minimum absolute atomic E-state index is 0.200. The van der Waals surface area contributed by atoms with Gasteiger partial charge in [-0.3, -0.25) is 0 Å². The number of sulfone groups is 1. The summed E-state index contributed by atoms with van der Waals surface area (Å²) in [7, 11) is -3.18. The Morgan fingerprint density at radius 1 is 1.33 bits per heavy atom. The van der Waals surface area contributed by atoms with Gasteiger partial charge in [-0.1, -0.05) is 19.1 Å². The Balaban J connectivity index is 2.59. The Hall–Kier alpha value is -0.390. The van der Waals surface area contributed by atoms with Gasteiger partial charge in [0, 0.05) is 10.5 Å². The predicted molar refractivity (Wildman–Crippen MR) is 78.6 cm³/mol. The second kappa shape index (κ2) is 7.26. The topological polar surface area (TPSA) is 46.2 Å². The molecule has 1 rings (SSSR count). The summed E-state index contributed by atoms with van der Waals surface area (Å²) >= 11 is 3.29. The third-order valence-corrected chi connectivity index (χ3v) is 5.58. The van der Waals surface area contributed by atoms with Crippen molar-refractivity contribution in [2.45, 2.75) is 37.6 Å². The van der Waals surface area contributed by atoms with Crippen LogP contribution in [-0.2, 0) is 9.84 Å². The molecule has 0 spiro atoms. The molecule has 5 heteroatoms. The first-order chi connectivity index (χ1) is 8.47. The first kappa shape index (κ1) is 15.7. The van der Waals surface area contributed by atoms with E-state index in [9.17, 15) is 8.42 Å². The van der Waals surface area contributed by atoms with E-state index in [1.165, 1.54) is 0 Å². The zero-order valence-corrected chi connectivity index (χ0v) is 13.2. The molecule has 1 N–H and O–H groups in total. The number of benzene rings is 1. The third kappa shape index (κ3) is 4.71. The molecule has 1 atom stereocenters. The Morgan fingerprint density at radius 3 is 2.61 bits per heavy atom. The molecule has 0 amide bonds. The molecule has 0 heterocycles. The van der Waals surface area contributed by atoms with Crippen LogP contribution in [-0.4, -0.2) is 26.8 Å². The summed E-state index contributed by atoms with van der Waals surface area (Å²) in [6, 6.07) is 7.33. The van der Waals surface area contributed by atoms with Gasteiger partial charge < -0.3 is 5.32 Å². The van der Waals surface area contributed by atoms with E-state index in [0.29, 0.717) is 21.8 Å². The molecule has 3 nitrogen and oxygen atoms in total. The monoisotopic (exact) mass is 333 g/mol. The van der Waals surface area contributed by atoms with Crippen molar-refractivity contribution in [3.63, 3.8) is 0 Å². The van der Waals surface area contributed by atoms with E-state index < -0.39 is 9.84 Å². The predicted octanol–water partition coefficient (Wildman–Crippen LogP) is 3.00. The van der Waals surface area contributed by atoms with Crippen LogP contribution in [0.3, 0.4) is 0 Å². The number of hydrogen-bond donors (Lipinski definition) is 1. The quantitative estimate of drug-likeness (QED) is 0.834. The third-order valence-electron chi connectivity index (χ3n) is 2.77. The highest BCUT2D eigenvalue weighted by atomic mass is 79.9. The Morgan fingerprint density at radius 2 is 2.00 bits per heavy atom. The summed E-state index contributed by atoms with van der Waals surface area (Å²) in [5.41, 5.74) is 0. The van der Waals surface area contributed by atoms with Crippen molar-refractivity contribution in [2.24, 2.45) is 0 Å². The highest BCUT2D eigenvalue weighted by Gasteiger charge is 2.17. The van der Waals surface area contributed by atoms with E-state index in [1.54, 1.807) is 18.2 Å². The maximum Gasteiger partial charge on any atom is 0.179 e. The molecule has 102 valence electrons. The average molecular weight is 334 g/mol. The Labute approximate surface area is 118 Å². The molecule has 0 aliphatic heterocycles. The van der Waals surface area contributed by atoms with Crippen LogP contribution in [0.1, 0.15) is 26.7 Å². The summed E-state index contributed by atoms with van der Waals surface area (Å²) in [4.78, 5) is 0.390. The van der Waals surface area contributed by atoms with Crippen molar-refractivity contribution in [1.29, 1.82) is 0 Å². The smallest absolute Gasteiger partial charge is 0.179 e. The second-order valence-electron chi connectivity index (χ2n) is 4.35. The SMILES string of the molecule is CCNC(C)CCCS(=O)(=O)c1ccccc1Br. The molecular weight excluding hydrogens is 314 g/mol. The van der Waals surface area contributed by atoms with E-state index >= 15 is 0 Å². The molecule has 0 aliphatic carbocycles. The van der Waals surface area contributed by atoms with Crippen LogP contribution in [0.2, 0.25) is 0 Å². The fraction of sp³-hybridized carbons (Fsp3) is 0.538. The van der Waals surface area contributed by atoms with Crippen LogP contribution in [0.4, 0.5) is 0 Å². The fourth-order valence-electron chi connectivity index (χ4n) is 1.84. The lowest BCUT2D eigenvalue weighted by Crippen LogP contribution is -2.26. The van der Waals surface area contributed by atoms with Gasteiger partial charge in [-0.2, -0.15) is 0 Å².